The molecule has 1 atom stereocenters. The molecule has 0 spiro atoms. The molecule has 1 heterocycles. The topological polar surface area (TPSA) is 51.2 Å². The van der Waals surface area contributed by atoms with Gasteiger partial charge in [0.25, 0.3) is 0 Å². The Hall–Kier alpha value is -0.940. The van der Waals surface area contributed by atoms with Crippen molar-refractivity contribution in [3.63, 3.8) is 0 Å². The normalized spacial score (nSPS) is 20.9. The van der Waals surface area contributed by atoms with E-state index in [0.717, 1.165) is 0 Å². The van der Waals surface area contributed by atoms with Crippen LogP contribution in [-0.2, 0) is 20.6 Å². The highest BCUT2D eigenvalue weighted by Crippen LogP contribution is 2.20. The molecule has 0 amide bonds. The number of rotatable bonds is 2. The summed E-state index contributed by atoms with van der Waals surface area (Å²) in [5.74, 6) is -0.0601. The standard InChI is InChI=1S/C10H10O3S2/c11-14(9-4-2-1-3-5-9)10-6-7-15(12,13)8-10/h1-6H,7-8H2/t14-/m0/s1. The Bertz CT molecular complexity index is 515. The Labute approximate surface area is 91.2 Å². The minimum absolute atomic E-state index is 0.0148. The van der Waals surface area contributed by atoms with Gasteiger partial charge in [-0.05, 0) is 12.1 Å². The third-order valence-electron chi connectivity index (χ3n) is 2.12. The van der Waals surface area contributed by atoms with Crippen LogP contribution in [0.15, 0.2) is 46.2 Å². The van der Waals surface area contributed by atoms with Gasteiger partial charge in [0.1, 0.15) is 0 Å². The van der Waals surface area contributed by atoms with Gasteiger partial charge in [-0.1, -0.05) is 24.3 Å². The minimum atomic E-state index is -3.03. The van der Waals surface area contributed by atoms with Gasteiger partial charge in [0.2, 0.25) is 0 Å². The lowest BCUT2D eigenvalue weighted by atomic mass is 10.4. The van der Waals surface area contributed by atoms with Gasteiger partial charge in [0.05, 0.1) is 22.3 Å². The van der Waals surface area contributed by atoms with Crippen LogP contribution in [0, 0.1) is 0 Å². The molecule has 1 aliphatic rings. The van der Waals surface area contributed by atoms with Crippen molar-refractivity contribution < 1.29 is 12.6 Å². The summed E-state index contributed by atoms with van der Waals surface area (Å²) in [6.07, 6.45) is 1.55. The van der Waals surface area contributed by atoms with Gasteiger partial charge >= 0.3 is 0 Å². The van der Waals surface area contributed by atoms with Crippen molar-refractivity contribution in [2.75, 3.05) is 11.5 Å². The van der Waals surface area contributed by atoms with Crippen LogP contribution in [0.4, 0.5) is 0 Å². The lowest BCUT2D eigenvalue weighted by Gasteiger charge is -2.01. The predicted molar refractivity (Wildman–Crippen MR) is 59.6 cm³/mol. The zero-order valence-corrected chi connectivity index (χ0v) is 9.55. The van der Waals surface area contributed by atoms with Gasteiger partial charge < -0.3 is 0 Å². The maximum atomic E-state index is 11.9. The zero-order chi connectivity index (χ0) is 10.9. The molecule has 80 valence electrons. The smallest absolute Gasteiger partial charge is 0.158 e. The summed E-state index contributed by atoms with van der Waals surface area (Å²) in [6, 6.07) is 8.89. The summed E-state index contributed by atoms with van der Waals surface area (Å²) in [7, 11) is -4.36. The van der Waals surface area contributed by atoms with E-state index < -0.39 is 20.6 Å². The van der Waals surface area contributed by atoms with Crippen molar-refractivity contribution in [3.05, 3.63) is 41.3 Å². The van der Waals surface area contributed by atoms with Gasteiger partial charge in [0, 0.05) is 9.80 Å². The summed E-state index contributed by atoms with van der Waals surface area (Å²) in [5, 5.41) is 0. The van der Waals surface area contributed by atoms with Crippen molar-refractivity contribution in [2.45, 2.75) is 4.90 Å². The highest BCUT2D eigenvalue weighted by molar-refractivity contribution is 7.95. The van der Waals surface area contributed by atoms with E-state index in [1.54, 1.807) is 30.3 Å². The van der Waals surface area contributed by atoms with E-state index in [-0.39, 0.29) is 11.5 Å². The second-order valence-corrected chi connectivity index (χ2v) is 6.95. The molecule has 15 heavy (non-hydrogen) atoms. The first-order valence-electron chi connectivity index (χ1n) is 4.45. The van der Waals surface area contributed by atoms with E-state index >= 15 is 0 Å². The fraction of sp³-hybridized carbons (Fsp3) is 0.200. The van der Waals surface area contributed by atoms with E-state index in [0.29, 0.717) is 9.80 Å². The van der Waals surface area contributed by atoms with Gasteiger partial charge in [-0.3, -0.25) is 0 Å². The Morgan fingerprint density at radius 3 is 2.33 bits per heavy atom. The second-order valence-electron chi connectivity index (χ2n) is 3.31. The van der Waals surface area contributed by atoms with Gasteiger partial charge in [-0.25, -0.2) is 12.6 Å². The SMILES string of the molecule is O=[S@](C1=CCS(=O)(=O)C1)c1ccccc1. The fourth-order valence-corrected chi connectivity index (χ4v) is 4.52. The Morgan fingerprint density at radius 1 is 1.13 bits per heavy atom. The van der Waals surface area contributed by atoms with E-state index in [2.05, 4.69) is 0 Å². The maximum absolute atomic E-state index is 11.9. The van der Waals surface area contributed by atoms with Crippen molar-refractivity contribution in [3.8, 4) is 0 Å². The molecule has 0 saturated heterocycles. The van der Waals surface area contributed by atoms with Crippen molar-refractivity contribution in [1.29, 1.82) is 0 Å². The molecule has 5 heteroatoms. The third-order valence-corrected chi connectivity index (χ3v) is 5.22. The minimum Gasteiger partial charge on any atom is -0.249 e. The molecule has 0 fully saturated rings. The first kappa shape index (κ1) is 10.6. The maximum Gasteiger partial charge on any atom is 0.158 e. The molecule has 3 nitrogen and oxygen atoms in total. The lowest BCUT2D eigenvalue weighted by molar-refractivity contribution is 0.603. The van der Waals surface area contributed by atoms with E-state index in [1.807, 2.05) is 6.07 Å². The molecule has 0 N–H and O–H groups in total. The van der Waals surface area contributed by atoms with Crippen LogP contribution in [0.5, 0.6) is 0 Å². The molecule has 0 aliphatic carbocycles. The second kappa shape index (κ2) is 3.90. The van der Waals surface area contributed by atoms with Crippen LogP contribution in [0.2, 0.25) is 0 Å². The fourth-order valence-electron chi connectivity index (χ4n) is 1.38. The Kier molecular flexibility index (Phi) is 2.75. The monoisotopic (exact) mass is 242 g/mol. The molecule has 0 unspecified atom stereocenters. The number of hydrogen-bond acceptors (Lipinski definition) is 3. The molecule has 2 rings (SSSR count). The van der Waals surface area contributed by atoms with E-state index in [4.69, 9.17) is 0 Å². The summed E-state index contributed by atoms with van der Waals surface area (Å²) in [5.41, 5.74) is 0. The van der Waals surface area contributed by atoms with Crippen molar-refractivity contribution >= 4 is 20.6 Å². The van der Waals surface area contributed by atoms with Crippen molar-refractivity contribution in [2.24, 2.45) is 0 Å². The van der Waals surface area contributed by atoms with Crippen LogP contribution in [0.25, 0.3) is 0 Å². The third kappa shape index (κ3) is 2.35. The average molecular weight is 242 g/mol. The van der Waals surface area contributed by atoms with Gasteiger partial charge in [-0.15, -0.1) is 0 Å². The van der Waals surface area contributed by atoms with Gasteiger partial charge in [0.15, 0.2) is 9.84 Å². The van der Waals surface area contributed by atoms with Crippen LogP contribution in [0.1, 0.15) is 0 Å². The van der Waals surface area contributed by atoms with Gasteiger partial charge in [-0.2, -0.15) is 0 Å². The van der Waals surface area contributed by atoms with Crippen LogP contribution in [-0.4, -0.2) is 24.1 Å². The largest absolute Gasteiger partial charge is 0.249 e. The van der Waals surface area contributed by atoms with Crippen LogP contribution >= 0.6 is 0 Å². The first-order valence-corrected chi connectivity index (χ1v) is 7.42. The van der Waals surface area contributed by atoms with E-state index in [1.165, 1.54) is 0 Å². The summed E-state index contributed by atoms with van der Waals surface area (Å²) in [6.45, 7) is 0. The molecule has 0 saturated carbocycles. The first-order chi connectivity index (χ1) is 7.08. The van der Waals surface area contributed by atoms with Crippen molar-refractivity contribution in [1.82, 2.24) is 0 Å². The van der Waals surface area contributed by atoms with Crippen LogP contribution in [0.3, 0.4) is 0 Å². The van der Waals surface area contributed by atoms with E-state index in [9.17, 15) is 12.6 Å². The molecule has 1 aromatic carbocycles. The Morgan fingerprint density at radius 2 is 1.80 bits per heavy atom. The average Bonchev–Trinajstić information content (AvgIpc) is 2.59. The Balaban J connectivity index is 2.25. The number of hydrogen-bond donors (Lipinski definition) is 0. The molecule has 1 aliphatic heterocycles. The molecular formula is C10H10O3S2. The molecule has 0 bridgehead atoms. The quantitative estimate of drug-likeness (QED) is 0.780. The summed E-state index contributed by atoms with van der Waals surface area (Å²) < 4.78 is 34.3. The highest BCUT2D eigenvalue weighted by Gasteiger charge is 2.24. The molecule has 0 aromatic heterocycles. The highest BCUT2D eigenvalue weighted by atomic mass is 32.2. The molecule has 1 aromatic rings. The summed E-state index contributed by atoms with van der Waals surface area (Å²) >= 11 is 0. The zero-order valence-electron chi connectivity index (χ0n) is 7.92. The predicted octanol–water partition coefficient (Wildman–Crippen LogP) is 1.11. The lowest BCUT2D eigenvalue weighted by Crippen LogP contribution is -2.05. The number of benzene rings is 1. The summed E-state index contributed by atoms with van der Waals surface area (Å²) in [4.78, 5) is 1.15. The van der Waals surface area contributed by atoms with Crippen LogP contribution < -0.4 is 0 Å². The molecule has 0 radical (unpaired) electrons. The number of sulfone groups is 1. The molecular weight excluding hydrogens is 232 g/mol.